The summed E-state index contributed by atoms with van der Waals surface area (Å²) in [4.78, 5) is 62.0. The van der Waals surface area contributed by atoms with Crippen molar-refractivity contribution in [3.8, 4) is 0 Å². The minimum Gasteiger partial charge on any atom is -0.462 e. The molecule has 430 valence electrons. The van der Waals surface area contributed by atoms with Gasteiger partial charge in [-0.25, -0.2) is 13.9 Å². The van der Waals surface area contributed by atoms with E-state index in [0.29, 0.717) is 19.3 Å². The highest BCUT2D eigenvalue weighted by molar-refractivity contribution is 7.61. The van der Waals surface area contributed by atoms with E-state index in [1.165, 1.54) is 31.7 Å². The normalized spacial score (nSPS) is 19.8. The van der Waals surface area contributed by atoms with Crippen LogP contribution >= 0.6 is 15.6 Å². The number of rotatable bonds is 44. The topological polar surface area (TPSA) is 286 Å². The zero-order chi connectivity index (χ0) is 55.7. The van der Waals surface area contributed by atoms with E-state index in [-0.39, 0.29) is 24.8 Å². The number of carbonyl (C=O) groups excluding carboxylic acids is 2. The number of phosphoric ester groups is 2. The van der Waals surface area contributed by atoms with E-state index in [2.05, 4.69) is 83.1 Å². The van der Waals surface area contributed by atoms with Crippen molar-refractivity contribution < 1.29 is 71.4 Å². The molecule has 76 heavy (non-hydrogen) atoms. The van der Waals surface area contributed by atoms with Crippen LogP contribution in [0.15, 0.2) is 102 Å². The monoisotopic (exact) mass is 1110 g/mol. The van der Waals surface area contributed by atoms with Crippen molar-refractivity contribution in [1.29, 1.82) is 0 Å². The van der Waals surface area contributed by atoms with Crippen LogP contribution in [0.1, 0.15) is 174 Å². The van der Waals surface area contributed by atoms with E-state index >= 15 is 0 Å². The van der Waals surface area contributed by atoms with Crippen LogP contribution < -0.4 is 11.4 Å². The first kappa shape index (κ1) is 68.0. The van der Waals surface area contributed by atoms with Gasteiger partial charge in [-0.2, -0.15) is 9.29 Å². The van der Waals surface area contributed by atoms with Gasteiger partial charge in [0.2, 0.25) is 0 Å². The van der Waals surface area contributed by atoms with Crippen LogP contribution in [-0.4, -0.2) is 96.9 Å². The summed E-state index contributed by atoms with van der Waals surface area (Å²) in [5, 5.41) is 30.5. The fraction of sp³-hybridized carbons (Fsp3) is 0.636. The summed E-state index contributed by atoms with van der Waals surface area (Å²) in [5.74, 6) is -1.41. The Labute approximate surface area is 450 Å². The van der Waals surface area contributed by atoms with Gasteiger partial charge in [-0.15, -0.1) is 0 Å². The fourth-order valence-electron chi connectivity index (χ4n) is 7.47. The number of nitrogen functional groups attached to an aromatic ring is 1. The van der Waals surface area contributed by atoms with Gasteiger partial charge in [-0.05, 0) is 102 Å². The molecule has 0 saturated carbocycles. The van der Waals surface area contributed by atoms with Crippen molar-refractivity contribution in [2.75, 3.05) is 25.6 Å². The van der Waals surface area contributed by atoms with Gasteiger partial charge >= 0.3 is 33.3 Å². The number of nitrogens with two attached hydrogens (primary N) is 1. The molecule has 2 rings (SSSR count). The SMILES string of the molecule is CCCCCC/C=C\C/C=C\C/C=C\CCCCCCCCC(=O)O[C@H](COC(=O)CCC/C=C\C/C=C\C/C=C\C/C=C\CC[C@@H](O)CC)COP(=O)(O)OP(=O)(O)OC[C@H]1O[C@@H](n2ccc(N)nc2=O)[C@H](O)[C@@H]1O. The molecule has 1 aromatic heterocycles. The number of hydrogen-bond donors (Lipinski definition) is 6. The second-order valence-electron chi connectivity index (χ2n) is 18.5. The maximum Gasteiger partial charge on any atom is 0.481 e. The van der Waals surface area contributed by atoms with Crippen molar-refractivity contribution in [2.45, 2.75) is 205 Å². The number of anilines is 1. The molecule has 21 heteroatoms. The average Bonchev–Trinajstić information content (AvgIpc) is 3.66. The van der Waals surface area contributed by atoms with Gasteiger partial charge in [0.25, 0.3) is 0 Å². The van der Waals surface area contributed by atoms with E-state index in [1.807, 2.05) is 25.2 Å². The number of esters is 2. The number of aliphatic hydroxyl groups excluding tert-OH is 3. The summed E-state index contributed by atoms with van der Waals surface area (Å²) in [5.41, 5.74) is 4.58. The van der Waals surface area contributed by atoms with Crippen molar-refractivity contribution in [3.63, 3.8) is 0 Å². The van der Waals surface area contributed by atoms with Crippen molar-refractivity contribution in [1.82, 2.24) is 9.55 Å². The van der Waals surface area contributed by atoms with Gasteiger partial charge < -0.3 is 45.1 Å². The van der Waals surface area contributed by atoms with Crippen molar-refractivity contribution >= 4 is 33.4 Å². The summed E-state index contributed by atoms with van der Waals surface area (Å²) in [6.07, 6.45) is 43.1. The second-order valence-corrected chi connectivity index (χ2v) is 21.6. The molecule has 0 aromatic carbocycles. The molecule has 0 bridgehead atoms. The smallest absolute Gasteiger partial charge is 0.462 e. The Morgan fingerprint density at radius 3 is 1.75 bits per heavy atom. The number of hydrogen-bond acceptors (Lipinski definition) is 16. The zero-order valence-electron chi connectivity index (χ0n) is 44.9. The van der Waals surface area contributed by atoms with Crippen molar-refractivity contribution in [2.24, 2.45) is 0 Å². The van der Waals surface area contributed by atoms with Gasteiger partial charge in [0, 0.05) is 19.0 Å². The third-order valence-electron chi connectivity index (χ3n) is 11.9. The molecule has 2 unspecified atom stereocenters. The molecule has 0 aliphatic carbocycles. The first-order chi connectivity index (χ1) is 36.6. The number of aliphatic hydroxyl groups is 3. The predicted molar refractivity (Wildman–Crippen MR) is 294 cm³/mol. The minimum atomic E-state index is -5.45. The van der Waals surface area contributed by atoms with Gasteiger partial charge in [0.1, 0.15) is 30.7 Å². The molecule has 19 nitrogen and oxygen atoms in total. The van der Waals surface area contributed by atoms with Gasteiger partial charge in [-0.3, -0.25) is 23.2 Å². The van der Waals surface area contributed by atoms with Gasteiger partial charge in [0.15, 0.2) is 12.3 Å². The Morgan fingerprint density at radius 1 is 0.684 bits per heavy atom. The lowest BCUT2D eigenvalue weighted by Gasteiger charge is -2.21. The molecular formula is C55H89N3O16P2. The molecule has 2 heterocycles. The highest BCUT2D eigenvalue weighted by atomic mass is 31.3. The van der Waals surface area contributed by atoms with E-state index in [1.54, 1.807) is 0 Å². The summed E-state index contributed by atoms with van der Waals surface area (Å²) < 4.78 is 56.8. The zero-order valence-corrected chi connectivity index (χ0v) is 46.7. The van der Waals surface area contributed by atoms with Gasteiger partial charge in [0.05, 0.1) is 19.3 Å². The minimum absolute atomic E-state index is 0.0125. The third kappa shape index (κ3) is 33.9. The Balaban J connectivity index is 1.81. The summed E-state index contributed by atoms with van der Waals surface area (Å²) in [7, 11) is -10.9. The van der Waals surface area contributed by atoms with Crippen molar-refractivity contribution in [3.05, 3.63) is 108 Å². The maximum absolute atomic E-state index is 12.9. The highest BCUT2D eigenvalue weighted by Crippen LogP contribution is 2.60. The van der Waals surface area contributed by atoms with Gasteiger partial charge in [-0.1, -0.05) is 144 Å². The number of ether oxygens (including phenoxy) is 3. The number of phosphoric acid groups is 2. The maximum atomic E-state index is 12.9. The van der Waals surface area contributed by atoms with Crippen LogP contribution in [0.25, 0.3) is 0 Å². The van der Waals surface area contributed by atoms with Crippen LogP contribution in [0.3, 0.4) is 0 Å². The Kier molecular flexibility index (Phi) is 37.5. The molecule has 0 amide bonds. The molecule has 1 aliphatic heterocycles. The number of nitrogens with zero attached hydrogens (tertiary/aromatic N) is 2. The summed E-state index contributed by atoms with van der Waals surface area (Å²) >= 11 is 0. The Bertz CT molecular complexity index is 2120. The lowest BCUT2D eigenvalue weighted by Crippen LogP contribution is -2.36. The summed E-state index contributed by atoms with van der Waals surface area (Å²) in [6, 6.07) is 1.24. The van der Waals surface area contributed by atoms with E-state index in [9.17, 15) is 48.6 Å². The molecular weight excluding hydrogens is 1020 g/mol. The Morgan fingerprint density at radius 2 is 1.18 bits per heavy atom. The lowest BCUT2D eigenvalue weighted by atomic mass is 10.1. The quantitative estimate of drug-likeness (QED) is 0.0153. The molecule has 1 fully saturated rings. The first-order valence-corrected chi connectivity index (χ1v) is 30.2. The fourth-order valence-corrected chi connectivity index (χ4v) is 9.58. The molecule has 7 N–H and O–H groups in total. The van der Waals surface area contributed by atoms with E-state index < -0.39 is 83.7 Å². The van der Waals surface area contributed by atoms with E-state index in [0.717, 1.165) is 107 Å². The summed E-state index contributed by atoms with van der Waals surface area (Å²) in [6.45, 7) is 1.79. The molecule has 8 atom stereocenters. The standard InChI is InChI=1S/C55H89N3O16P2/c1-3-5-6-7-8-9-10-11-12-13-14-15-16-17-22-25-28-31-34-37-40-51(61)72-47(43-69-50(60)39-36-33-30-27-24-21-19-18-20-23-26-29-32-35-38-46(59)4-2)44-70-75(65,66)74-76(67,68)71-45-48-52(62)53(63)54(73-48)58-42-41-49(56)57-55(58)64/h9-10,12-13,15-16,19-21,23,27,29-30,32,41-42,46-48,52-54,59,62-63H,3-8,11,14,17-18,22,24-26,28,31,33-40,43-45H2,1-2H3,(H,65,66)(H,67,68)(H2,56,57,64)/b10-9-,13-12-,16-15-,21-19-,23-20-,30-27-,32-29-/t46-,47+,48+,52+,53+,54+/m0/s1. The average molecular weight is 1110 g/mol. The lowest BCUT2D eigenvalue weighted by molar-refractivity contribution is -0.161. The van der Waals surface area contributed by atoms with Crippen LogP contribution in [0.2, 0.25) is 0 Å². The number of allylic oxidation sites excluding steroid dienone is 14. The van der Waals surface area contributed by atoms with Crippen LogP contribution in [0.4, 0.5) is 5.82 Å². The van der Waals surface area contributed by atoms with Crippen LogP contribution in [0.5, 0.6) is 0 Å². The molecule has 1 aliphatic rings. The largest absolute Gasteiger partial charge is 0.481 e. The highest BCUT2D eigenvalue weighted by Gasteiger charge is 2.46. The molecule has 0 spiro atoms. The van der Waals surface area contributed by atoms with E-state index in [4.69, 9.17) is 29.0 Å². The molecule has 1 saturated heterocycles. The predicted octanol–water partition coefficient (Wildman–Crippen LogP) is 10.8. The number of carbonyl (C=O) groups is 2. The van der Waals surface area contributed by atoms with Crippen LogP contribution in [-0.2, 0) is 46.3 Å². The Hall–Kier alpha value is -4.10. The molecule has 1 aromatic rings. The number of unbranched alkanes of at least 4 members (excludes halogenated alkanes) is 11. The second kappa shape index (κ2) is 41.9. The molecule has 0 radical (unpaired) electrons. The van der Waals surface area contributed by atoms with Crippen LogP contribution in [0, 0.1) is 0 Å². The number of aromatic nitrogens is 2. The third-order valence-corrected chi connectivity index (χ3v) is 14.5. The first-order valence-electron chi connectivity index (χ1n) is 27.2.